The van der Waals surface area contributed by atoms with E-state index in [2.05, 4.69) is 0 Å². The predicted molar refractivity (Wildman–Crippen MR) is 64.4 cm³/mol. The maximum Gasteiger partial charge on any atom is 0.276 e. The van der Waals surface area contributed by atoms with Gasteiger partial charge in [-0.2, -0.15) is 0 Å². The molecule has 0 atom stereocenters. The number of nitrogens with zero attached hydrogens (tertiary/aromatic N) is 2. The molecular weight excluding hydrogens is 224 g/mol. The summed E-state index contributed by atoms with van der Waals surface area (Å²) < 4.78 is 5.18. The molecule has 0 aromatic carbocycles. The Balaban J connectivity index is 2.36. The highest BCUT2D eigenvalue weighted by Crippen LogP contribution is 2.21. The van der Waals surface area contributed by atoms with Crippen molar-refractivity contribution in [3.63, 3.8) is 0 Å². The molecule has 0 bridgehead atoms. The van der Waals surface area contributed by atoms with Crippen LogP contribution in [0.2, 0.25) is 0 Å². The number of carbonyl (C=O) groups excluding carboxylic acids is 1. The molecule has 0 saturated carbocycles. The SMILES string of the molecule is CCN1C(=O)/C(=C\c2ccco2)N(C)C1=S. The minimum Gasteiger partial charge on any atom is -0.465 e. The molecule has 1 fully saturated rings. The molecule has 1 amide bonds. The summed E-state index contributed by atoms with van der Waals surface area (Å²) >= 11 is 5.17. The summed E-state index contributed by atoms with van der Waals surface area (Å²) in [5.41, 5.74) is 0.543. The Hall–Kier alpha value is -1.62. The largest absolute Gasteiger partial charge is 0.465 e. The minimum absolute atomic E-state index is 0.0774. The van der Waals surface area contributed by atoms with E-state index < -0.39 is 0 Å². The molecule has 0 radical (unpaired) electrons. The molecule has 0 spiro atoms. The minimum atomic E-state index is -0.0774. The highest BCUT2D eigenvalue weighted by Gasteiger charge is 2.34. The van der Waals surface area contributed by atoms with Crippen LogP contribution in [0, 0.1) is 0 Å². The first kappa shape index (κ1) is 10.9. The van der Waals surface area contributed by atoms with Crippen molar-refractivity contribution in [3.05, 3.63) is 29.9 Å². The van der Waals surface area contributed by atoms with Gasteiger partial charge >= 0.3 is 0 Å². The fourth-order valence-electron chi connectivity index (χ4n) is 1.60. The Morgan fingerprint density at radius 3 is 2.81 bits per heavy atom. The quantitative estimate of drug-likeness (QED) is 0.578. The molecule has 1 aliphatic heterocycles. The normalized spacial score (nSPS) is 19.0. The van der Waals surface area contributed by atoms with E-state index in [1.165, 1.54) is 0 Å². The molecule has 2 rings (SSSR count). The number of hydrogen-bond acceptors (Lipinski definition) is 3. The van der Waals surface area contributed by atoms with Crippen LogP contribution in [-0.2, 0) is 4.79 Å². The topological polar surface area (TPSA) is 36.7 Å². The number of likely N-dealkylation sites (N-methyl/N-ethyl adjacent to an activating group) is 2. The number of furan rings is 1. The molecule has 1 aliphatic rings. The van der Waals surface area contributed by atoms with E-state index in [9.17, 15) is 4.79 Å². The van der Waals surface area contributed by atoms with E-state index in [0.717, 1.165) is 0 Å². The lowest BCUT2D eigenvalue weighted by Crippen LogP contribution is -2.30. The number of rotatable bonds is 2. The van der Waals surface area contributed by atoms with Crippen LogP contribution in [0.25, 0.3) is 6.08 Å². The van der Waals surface area contributed by atoms with Crippen molar-refractivity contribution >= 4 is 29.3 Å². The third kappa shape index (κ3) is 1.63. The summed E-state index contributed by atoms with van der Waals surface area (Å²) in [7, 11) is 1.78. The number of amides is 1. The van der Waals surface area contributed by atoms with Crippen LogP contribution in [0.1, 0.15) is 12.7 Å². The molecule has 84 valence electrons. The van der Waals surface area contributed by atoms with Crippen LogP contribution in [0.5, 0.6) is 0 Å². The summed E-state index contributed by atoms with van der Waals surface area (Å²) in [6.07, 6.45) is 3.27. The zero-order chi connectivity index (χ0) is 11.7. The van der Waals surface area contributed by atoms with E-state index in [1.54, 1.807) is 41.3 Å². The lowest BCUT2D eigenvalue weighted by atomic mass is 10.3. The second-order valence-electron chi connectivity index (χ2n) is 3.44. The summed E-state index contributed by atoms with van der Waals surface area (Å²) in [4.78, 5) is 15.2. The van der Waals surface area contributed by atoms with Gasteiger partial charge in [0.1, 0.15) is 11.5 Å². The predicted octanol–water partition coefficient (Wildman–Crippen LogP) is 1.70. The van der Waals surface area contributed by atoms with Gasteiger partial charge in [-0.05, 0) is 31.3 Å². The van der Waals surface area contributed by atoms with Gasteiger partial charge in [0, 0.05) is 19.7 Å². The van der Waals surface area contributed by atoms with Gasteiger partial charge in [-0.15, -0.1) is 0 Å². The van der Waals surface area contributed by atoms with Gasteiger partial charge in [0.05, 0.1) is 6.26 Å². The molecule has 5 heteroatoms. The smallest absolute Gasteiger partial charge is 0.276 e. The Morgan fingerprint density at radius 2 is 2.31 bits per heavy atom. The van der Waals surface area contributed by atoms with Crippen LogP contribution in [-0.4, -0.2) is 34.4 Å². The first-order valence-corrected chi connectivity index (χ1v) is 5.40. The average Bonchev–Trinajstić information content (AvgIpc) is 2.83. The molecule has 1 saturated heterocycles. The van der Waals surface area contributed by atoms with Crippen molar-refractivity contribution in [2.75, 3.05) is 13.6 Å². The summed E-state index contributed by atoms with van der Waals surface area (Å²) in [5.74, 6) is 0.572. The van der Waals surface area contributed by atoms with Gasteiger partial charge in [0.25, 0.3) is 5.91 Å². The second-order valence-corrected chi connectivity index (χ2v) is 3.80. The number of carbonyl (C=O) groups is 1. The van der Waals surface area contributed by atoms with Crippen molar-refractivity contribution in [1.82, 2.24) is 9.80 Å². The molecule has 2 heterocycles. The Labute approximate surface area is 99.1 Å². The lowest BCUT2D eigenvalue weighted by molar-refractivity contribution is -0.122. The lowest BCUT2D eigenvalue weighted by Gasteiger charge is -2.13. The first-order valence-electron chi connectivity index (χ1n) is 5.00. The van der Waals surface area contributed by atoms with Crippen LogP contribution in [0.3, 0.4) is 0 Å². The van der Waals surface area contributed by atoms with Crippen molar-refractivity contribution in [2.24, 2.45) is 0 Å². The molecule has 0 aliphatic carbocycles. The third-order valence-corrected chi connectivity index (χ3v) is 2.98. The van der Waals surface area contributed by atoms with Crippen molar-refractivity contribution < 1.29 is 9.21 Å². The standard InChI is InChI=1S/C11H12N2O2S/c1-3-13-10(14)9(12(2)11(13)16)7-8-5-4-6-15-8/h4-7H,3H2,1-2H3/b9-7+. The second kappa shape index (κ2) is 4.09. The zero-order valence-electron chi connectivity index (χ0n) is 9.14. The molecule has 1 aromatic rings. The fraction of sp³-hybridized carbons (Fsp3) is 0.273. The molecule has 16 heavy (non-hydrogen) atoms. The summed E-state index contributed by atoms with van der Waals surface area (Å²) in [6.45, 7) is 2.48. The van der Waals surface area contributed by atoms with Crippen LogP contribution in [0.4, 0.5) is 0 Å². The Bertz CT molecular complexity index is 451. The maximum absolute atomic E-state index is 12.0. The summed E-state index contributed by atoms with van der Waals surface area (Å²) in [5, 5.41) is 0.533. The van der Waals surface area contributed by atoms with Crippen molar-refractivity contribution in [1.29, 1.82) is 0 Å². The molecule has 0 unspecified atom stereocenters. The molecular formula is C11H12N2O2S. The van der Waals surface area contributed by atoms with Gasteiger partial charge < -0.3 is 9.32 Å². The number of thiocarbonyl (C=S) groups is 1. The van der Waals surface area contributed by atoms with E-state index in [0.29, 0.717) is 23.1 Å². The summed E-state index contributed by atoms with van der Waals surface area (Å²) in [6, 6.07) is 3.58. The van der Waals surface area contributed by atoms with Crippen molar-refractivity contribution in [3.8, 4) is 0 Å². The molecule has 0 N–H and O–H groups in total. The highest BCUT2D eigenvalue weighted by molar-refractivity contribution is 7.80. The van der Waals surface area contributed by atoms with Gasteiger partial charge in [-0.1, -0.05) is 0 Å². The zero-order valence-corrected chi connectivity index (χ0v) is 9.95. The average molecular weight is 236 g/mol. The van der Waals surface area contributed by atoms with Crippen molar-refractivity contribution in [2.45, 2.75) is 6.92 Å². The molecule has 1 aromatic heterocycles. The number of hydrogen-bond donors (Lipinski definition) is 0. The van der Waals surface area contributed by atoms with E-state index in [4.69, 9.17) is 16.6 Å². The maximum atomic E-state index is 12.0. The van der Waals surface area contributed by atoms with Gasteiger partial charge in [0.15, 0.2) is 5.11 Å². The molecule has 4 nitrogen and oxygen atoms in total. The van der Waals surface area contributed by atoms with Crippen LogP contribution >= 0.6 is 12.2 Å². The van der Waals surface area contributed by atoms with E-state index in [1.807, 2.05) is 6.92 Å². The van der Waals surface area contributed by atoms with Crippen LogP contribution in [0.15, 0.2) is 28.5 Å². The first-order chi connectivity index (χ1) is 7.65. The fourth-order valence-corrected chi connectivity index (χ4v) is 1.91. The van der Waals surface area contributed by atoms with Gasteiger partial charge in [-0.3, -0.25) is 9.69 Å². The van der Waals surface area contributed by atoms with Gasteiger partial charge in [0.2, 0.25) is 0 Å². The Kier molecular flexibility index (Phi) is 2.78. The van der Waals surface area contributed by atoms with E-state index >= 15 is 0 Å². The van der Waals surface area contributed by atoms with E-state index in [-0.39, 0.29) is 5.91 Å². The Morgan fingerprint density at radius 1 is 1.56 bits per heavy atom. The monoisotopic (exact) mass is 236 g/mol. The highest BCUT2D eigenvalue weighted by atomic mass is 32.1. The third-order valence-electron chi connectivity index (χ3n) is 2.48. The van der Waals surface area contributed by atoms with Gasteiger partial charge in [-0.25, -0.2) is 0 Å². The van der Waals surface area contributed by atoms with Crippen LogP contribution < -0.4 is 0 Å².